The standard InChI is InChI=1S/C39H44F2N6O5S3/c1-25(2)20-35-45-36(28-9-6-8-27(22-28)24-55(50,51)38-29(40)10-7-11-30(38)41)37(53-35)31-12-13-42-39(43-31)44-32-21-26(3)33(23-34(32)52-4)47-16-14-46(15-17-47)18-19-54(5,48)49/h6-13,21-23,25H,14-20,24H2,1-5H3,(H,42,43,44). The number of anilines is 3. The van der Waals surface area contributed by atoms with E-state index < -0.39 is 42.0 Å². The fourth-order valence-electron chi connectivity index (χ4n) is 6.51. The maximum Gasteiger partial charge on any atom is 0.227 e. The minimum atomic E-state index is -4.34. The lowest BCUT2D eigenvalue weighted by Gasteiger charge is -2.37. The number of halogens is 2. The zero-order valence-corrected chi connectivity index (χ0v) is 33.8. The smallest absolute Gasteiger partial charge is 0.227 e. The lowest BCUT2D eigenvalue weighted by molar-refractivity contribution is 0.272. The van der Waals surface area contributed by atoms with Crippen LogP contribution < -0.4 is 15.0 Å². The Kier molecular flexibility index (Phi) is 12.2. The largest absolute Gasteiger partial charge is 0.494 e. The molecule has 0 aliphatic carbocycles. The quantitative estimate of drug-likeness (QED) is 0.125. The van der Waals surface area contributed by atoms with E-state index in [1.807, 2.05) is 25.1 Å². The van der Waals surface area contributed by atoms with Crippen molar-refractivity contribution >= 4 is 48.3 Å². The van der Waals surface area contributed by atoms with Gasteiger partial charge in [-0.25, -0.2) is 40.6 Å². The molecule has 55 heavy (non-hydrogen) atoms. The van der Waals surface area contributed by atoms with Gasteiger partial charge in [-0.15, -0.1) is 11.3 Å². The number of rotatable bonds is 14. The molecule has 0 saturated carbocycles. The second-order valence-corrected chi connectivity index (χ2v) is 19.4. The molecular formula is C39H44F2N6O5S3. The fourth-order valence-corrected chi connectivity index (χ4v) is 9.86. The van der Waals surface area contributed by atoms with Gasteiger partial charge in [-0.3, -0.25) is 4.90 Å². The number of benzene rings is 3. The Morgan fingerprint density at radius 3 is 2.33 bits per heavy atom. The maximum atomic E-state index is 14.5. The number of ether oxygens (including phenoxy) is 1. The van der Waals surface area contributed by atoms with Crippen molar-refractivity contribution in [3.05, 3.63) is 94.6 Å². The summed E-state index contributed by atoms with van der Waals surface area (Å²) in [5.74, 6) is -1.45. The van der Waals surface area contributed by atoms with E-state index in [0.717, 1.165) is 65.5 Å². The van der Waals surface area contributed by atoms with Gasteiger partial charge in [0.05, 0.1) is 45.6 Å². The molecule has 0 radical (unpaired) electrons. The molecule has 0 bridgehead atoms. The third kappa shape index (κ3) is 9.84. The highest BCUT2D eigenvalue weighted by Crippen LogP contribution is 2.39. The number of thiazole rings is 1. The predicted octanol–water partition coefficient (Wildman–Crippen LogP) is 6.94. The van der Waals surface area contributed by atoms with E-state index in [1.165, 1.54) is 17.6 Å². The molecule has 1 aliphatic heterocycles. The van der Waals surface area contributed by atoms with E-state index in [-0.39, 0.29) is 5.75 Å². The first-order valence-corrected chi connectivity index (χ1v) is 22.3. The second-order valence-electron chi connectivity index (χ2n) is 14.1. The van der Waals surface area contributed by atoms with Gasteiger partial charge in [-0.1, -0.05) is 38.1 Å². The van der Waals surface area contributed by atoms with Gasteiger partial charge in [-0.2, -0.15) is 0 Å². The minimum Gasteiger partial charge on any atom is -0.494 e. The van der Waals surface area contributed by atoms with Crippen molar-refractivity contribution in [2.75, 3.05) is 62.1 Å². The summed E-state index contributed by atoms with van der Waals surface area (Å²) in [5.41, 5.74) is 4.93. The summed E-state index contributed by atoms with van der Waals surface area (Å²) in [6.07, 6.45) is 3.63. The van der Waals surface area contributed by atoms with Crippen LogP contribution in [0.2, 0.25) is 0 Å². The van der Waals surface area contributed by atoms with Gasteiger partial charge in [0.2, 0.25) is 5.95 Å². The minimum absolute atomic E-state index is 0.147. The number of piperazine rings is 1. The first-order chi connectivity index (χ1) is 26.1. The third-order valence-electron chi connectivity index (χ3n) is 9.19. The SMILES string of the molecule is COc1cc(N2CCN(CCS(C)(=O)=O)CC2)c(C)cc1Nc1nccc(-c2sc(CC(C)C)nc2-c2cccc(CS(=O)(=O)c3c(F)cccc3F)c2)n1. The average Bonchev–Trinajstić information content (AvgIpc) is 3.54. The van der Waals surface area contributed by atoms with Crippen LogP contribution in [0, 0.1) is 24.5 Å². The van der Waals surface area contributed by atoms with E-state index in [4.69, 9.17) is 14.7 Å². The van der Waals surface area contributed by atoms with Crippen LogP contribution in [0.3, 0.4) is 0 Å². The Bertz CT molecular complexity index is 2380. The lowest BCUT2D eigenvalue weighted by Crippen LogP contribution is -2.47. The second kappa shape index (κ2) is 16.7. The van der Waals surface area contributed by atoms with Crippen LogP contribution in [-0.4, -0.2) is 88.5 Å². The first-order valence-electron chi connectivity index (χ1n) is 17.8. The molecule has 1 N–H and O–H groups in total. The highest BCUT2D eigenvalue weighted by molar-refractivity contribution is 7.91. The van der Waals surface area contributed by atoms with E-state index in [1.54, 1.807) is 37.6 Å². The zero-order chi connectivity index (χ0) is 39.5. The summed E-state index contributed by atoms with van der Waals surface area (Å²) in [7, 11) is -5.76. The molecule has 3 heterocycles. The summed E-state index contributed by atoms with van der Waals surface area (Å²) in [5, 5.41) is 4.20. The molecular weight excluding hydrogens is 767 g/mol. The molecule has 0 spiro atoms. The molecule has 0 unspecified atom stereocenters. The molecule has 5 aromatic rings. The highest BCUT2D eigenvalue weighted by Gasteiger charge is 2.26. The number of nitrogens with one attached hydrogen (secondary N) is 1. The van der Waals surface area contributed by atoms with E-state index in [0.29, 0.717) is 58.8 Å². The van der Waals surface area contributed by atoms with Crippen molar-refractivity contribution in [3.8, 4) is 27.6 Å². The Labute approximate surface area is 325 Å². The fraction of sp³-hybridized carbons (Fsp3) is 0.359. The molecule has 292 valence electrons. The van der Waals surface area contributed by atoms with Gasteiger partial charge in [0.25, 0.3) is 0 Å². The molecule has 1 fully saturated rings. The number of aromatic nitrogens is 3. The topological polar surface area (TPSA) is 135 Å². The van der Waals surface area contributed by atoms with Crippen molar-refractivity contribution in [2.24, 2.45) is 5.92 Å². The number of hydrogen-bond donors (Lipinski definition) is 1. The lowest BCUT2D eigenvalue weighted by atomic mass is 10.1. The number of hydrogen-bond acceptors (Lipinski definition) is 12. The Hall–Kier alpha value is -4.51. The molecule has 16 heteroatoms. The number of nitrogens with zero attached hydrogens (tertiary/aromatic N) is 5. The summed E-state index contributed by atoms with van der Waals surface area (Å²) in [6, 6.07) is 15.6. The van der Waals surface area contributed by atoms with Crippen LogP contribution in [0.1, 0.15) is 30.0 Å². The number of methoxy groups -OCH3 is 1. The molecule has 2 aromatic heterocycles. The van der Waals surface area contributed by atoms with Crippen molar-refractivity contribution in [1.29, 1.82) is 0 Å². The molecule has 3 aromatic carbocycles. The van der Waals surface area contributed by atoms with Gasteiger partial charge in [0.15, 0.2) is 9.84 Å². The monoisotopic (exact) mass is 810 g/mol. The molecule has 1 saturated heterocycles. The number of aryl methyl sites for hydroxylation is 1. The van der Waals surface area contributed by atoms with Crippen LogP contribution in [0.25, 0.3) is 21.8 Å². The normalized spacial score (nSPS) is 14.1. The molecule has 0 atom stereocenters. The van der Waals surface area contributed by atoms with E-state index in [2.05, 4.69) is 33.9 Å². The van der Waals surface area contributed by atoms with E-state index in [9.17, 15) is 25.6 Å². The zero-order valence-electron chi connectivity index (χ0n) is 31.3. The number of sulfone groups is 2. The van der Waals surface area contributed by atoms with Crippen LogP contribution >= 0.6 is 11.3 Å². The average molecular weight is 811 g/mol. The van der Waals surface area contributed by atoms with Crippen LogP contribution in [0.4, 0.5) is 26.1 Å². The summed E-state index contributed by atoms with van der Waals surface area (Å²) in [4.78, 5) is 18.6. The van der Waals surface area contributed by atoms with Crippen molar-refractivity contribution in [1.82, 2.24) is 19.9 Å². The van der Waals surface area contributed by atoms with Crippen molar-refractivity contribution in [3.63, 3.8) is 0 Å². The van der Waals surface area contributed by atoms with Crippen molar-refractivity contribution < 1.29 is 30.4 Å². The van der Waals surface area contributed by atoms with Crippen LogP contribution in [-0.2, 0) is 31.8 Å². The summed E-state index contributed by atoms with van der Waals surface area (Å²) >= 11 is 1.49. The third-order valence-corrected chi connectivity index (χ3v) is 12.9. The molecule has 6 rings (SSSR count). The highest BCUT2D eigenvalue weighted by atomic mass is 32.2. The molecule has 11 nitrogen and oxygen atoms in total. The Morgan fingerprint density at radius 2 is 1.65 bits per heavy atom. The molecule has 0 amide bonds. The van der Waals surface area contributed by atoms with Gasteiger partial charge in [0.1, 0.15) is 32.1 Å². The molecule has 1 aliphatic rings. The van der Waals surface area contributed by atoms with Gasteiger partial charge < -0.3 is 15.0 Å². The first kappa shape index (κ1) is 40.2. The Balaban J connectivity index is 1.26. The summed E-state index contributed by atoms with van der Waals surface area (Å²) < 4.78 is 84.3. The van der Waals surface area contributed by atoms with E-state index >= 15 is 0 Å². The summed E-state index contributed by atoms with van der Waals surface area (Å²) in [6.45, 7) is 9.77. The Morgan fingerprint density at radius 1 is 0.945 bits per heavy atom. The van der Waals surface area contributed by atoms with Gasteiger partial charge in [-0.05, 0) is 54.3 Å². The maximum absolute atomic E-state index is 14.5. The van der Waals surface area contributed by atoms with Gasteiger partial charge in [0, 0.05) is 68.9 Å². The van der Waals surface area contributed by atoms with Crippen LogP contribution in [0.15, 0.2) is 71.8 Å². The predicted molar refractivity (Wildman–Crippen MR) is 214 cm³/mol. The van der Waals surface area contributed by atoms with Gasteiger partial charge >= 0.3 is 0 Å². The van der Waals surface area contributed by atoms with Crippen LogP contribution in [0.5, 0.6) is 5.75 Å². The van der Waals surface area contributed by atoms with Crippen molar-refractivity contribution in [2.45, 2.75) is 37.8 Å².